The number of hydrogen-bond donors (Lipinski definition) is 1. The normalized spacial score (nSPS) is 11.7. The number of halogens is 8. The van der Waals surface area contributed by atoms with E-state index in [1.165, 1.54) is 12.1 Å². The number of alkyl halides is 3. The van der Waals surface area contributed by atoms with Gasteiger partial charge in [0.05, 0.1) is 5.56 Å². The molecule has 0 bridgehead atoms. The van der Waals surface area contributed by atoms with E-state index in [4.69, 9.17) is 0 Å². The van der Waals surface area contributed by atoms with Crippen molar-refractivity contribution in [3.8, 4) is 22.6 Å². The summed E-state index contributed by atoms with van der Waals surface area (Å²) in [7, 11) is 0. The monoisotopic (exact) mass is 490 g/mol. The van der Waals surface area contributed by atoms with Crippen molar-refractivity contribution in [3.63, 3.8) is 0 Å². The maximum Gasteiger partial charge on any atom is 0.573 e. The lowest BCUT2D eigenvalue weighted by Gasteiger charge is -2.14. The fourth-order valence-corrected chi connectivity index (χ4v) is 3.58. The Balaban J connectivity index is 1.92. The standard InChI is InChI=1S/C24H18F8O2/c1-2-3-12-4-6-14(16(25)8-12)21-20(33)11-17(26)15(22(21)29)7-5-13-9-18(27)23(19(28)10-13)34-24(30,31)32/h4,6,8-11,33H,2-3,5,7H2,1H3. The second kappa shape index (κ2) is 9.90. The lowest BCUT2D eigenvalue weighted by atomic mass is 9.95. The first-order chi connectivity index (χ1) is 15.9. The Morgan fingerprint density at radius 3 is 1.94 bits per heavy atom. The van der Waals surface area contributed by atoms with Crippen LogP contribution in [0, 0.1) is 29.1 Å². The summed E-state index contributed by atoms with van der Waals surface area (Å²) in [5.41, 5.74) is -1.03. The third-order valence-corrected chi connectivity index (χ3v) is 5.07. The Labute approximate surface area is 189 Å². The minimum Gasteiger partial charge on any atom is -0.507 e. The fraction of sp³-hybridized carbons (Fsp3) is 0.250. The van der Waals surface area contributed by atoms with Gasteiger partial charge in [0, 0.05) is 17.2 Å². The molecule has 0 fully saturated rings. The van der Waals surface area contributed by atoms with Gasteiger partial charge < -0.3 is 9.84 Å². The zero-order valence-electron chi connectivity index (χ0n) is 17.7. The maximum absolute atomic E-state index is 15.2. The Bertz CT molecular complexity index is 1180. The molecule has 34 heavy (non-hydrogen) atoms. The van der Waals surface area contributed by atoms with Crippen molar-refractivity contribution in [1.29, 1.82) is 0 Å². The van der Waals surface area contributed by atoms with Gasteiger partial charge in [0.1, 0.15) is 23.2 Å². The molecule has 0 saturated carbocycles. The van der Waals surface area contributed by atoms with Gasteiger partial charge >= 0.3 is 6.36 Å². The smallest absolute Gasteiger partial charge is 0.507 e. The van der Waals surface area contributed by atoms with Gasteiger partial charge in [0.2, 0.25) is 5.75 Å². The van der Waals surface area contributed by atoms with Crippen molar-refractivity contribution < 1.29 is 45.0 Å². The second-order valence-corrected chi connectivity index (χ2v) is 7.55. The predicted octanol–water partition coefficient (Wildman–Crippen LogP) is 7.39. The van der Waals surface area contributed by atoms with Gasteiger partial charge in [-0.05, 0) is 48.6 Å². The van der Waals surface area contributed by atoms with E-state index >= 15 is 4.39 Å². The van der Waals surface area contributed by atoms with Gasteiger partial charge in [-0.2, -0.15) is 0 Å². The van der Waals surface area contributed by atoms with Crippen molar-refractivity contribution in [2.24, 2.45) is 0 Å². The van der Waals surface area contributed by atoms with Crippen molar-refractivity contribution in [1.82, 2.24) is 0 Å². The molecule has 10 heteroatoms. The number of aromatic hydroxyl groups is 1. The van der Waals surface area contributed by atoms with Gasteiger partial charge in [-0.3, -0.25) is 0 Å². The van der Waals surface area contributed by atoms with Crippen molar-refractivity contribution in [3.05, 3.63) is 82.2 Å². The average molecular weight is 490 g/mol. The molecule has 0 saturated heterocycles. The van der Waals surface area contributed by atoms with Crippen LogP contribution in [-0.2, 0) is 19.3 Å². The Morgan fingerprint density at radius 2 is 1.38 bits per heavy atom. The van der Waals surface area contributed by atoms with Gasteiger partial charge in [-0.25, -0.2) is 22.0 Å². The molecule has 1 N–H and O–H groups in total. The van der Waals surface area contributed by atoms with E-state index in [0.717, 1.165) is 6.42 Å². The SMILES string of the molecule is CCCc1ccc(-c2c(O)cc(F)c(CCc3cc(F)c(OC(F)(F)F)c(F)c3)c2F)c(F)c1. The molecule has 0 amide bonds. The average Bonchev–Trinajstić information content (AvgIpc) is 2.71. The number of benzene rings is 3. The van der Waals surface area contributed by atoms with Gasteiger partial charge in [0.25, 0.3) is 0 Å². The third kappa shape index (κ3) is 5.60. The molecule has 0 aromatic heterocycles. The van der Waals surface area contributed by atoms with Crippen molar-refractivity contribution in [2.45, 2.75) is 39.0 Å². The summed E-state index contributed by atoms with van der Waals surface area (Å²) in [5.74, 6) is -9.06. The van der Waals surface area contributed by atoms with E-state index in [1.807, 2.05) is 6.92 Å². The summed E-state index contributed by atoms with van der Waals surface area (Å²) < 4.78 is 112. The van der Waals surface area contributed by atoms with Crippen LogP contribution in [0.25, 0.3) is 11.1 Å². The highest BCUT2D eigenvalue weighted by molar-refractivity contribution is 5.72. The molecule has 0 unspecified atom stereocenters. The van der Waals surface area contributed by atoms with Crippen LogP contribution >= 0.6 is 0 Å². The van der Waals surface area contributed by atoms with Gasteiger partial charge in [-0.15, -0.1) is 13.2 Å². The molecule has 0 aliphatic rings. The highest BCUT2D eigenvalue weighted by Crippen LogP contribution is 2.37. The molecule has 2 nitrogen and oxygen atoms in total. The van der Waals surface area contributed by atoms with Crippen LogP contribution in [-0.4, -0.2) is 11.5 Å². The fourth-order valence-electron chi connectivity index (χ4n) is 3.58. The number of phenols is 1. The molecule has 3 aromatic carbocycles. The lowest BCUT2D eigenvalue weighted by molar-refractivity contribution is -0.276. The van der Waals surface area contributed by atoms with Crippen molar-refractivity contribution in [2.75, 3.05) is 0 Å². The second-order valence-electron chi connectivity index (χ2n) is 7.55. The van der Waals surface area contributed by atoms with E-state index < -0.39 is 64.5 Å². The largest absolute Gasteiger partial charge is 0.573 e. The highest BCUT2D eigenvalue weighted by atomic mass is 19.4. The van der Waals surface area contributed by atoms with Crippen LogP contribution in [0.1, 0.15) is 30.0 Å². The maximum atomic E-state index is 15.2. The number of aryl methyl sites for hydroxylation is 2. The van der Waals surface area contributed by atoms with Crippen LogP contribution < -0.4 is 4.74 Å². The number of ether oxygens (including phenoxy) is 1. The molecule has 0 aliphatic carbocycles. The van der Waals surface area contributed by atoms with E-state index in [1.54, 1.807) is 6.07 Å². The Kier molecular flexibility index (Phi) is 7.38. The molecule has 0 aliphatic heterocycles. The summed E-state index contributed by atoms with van der Waals surface area (Å²) in [4.78, 5) is 0. The summed E-state index contributed by atoms with van der Waals surface area (Å²) >= 11 is 0. The Hall–Kier alpha value is -3.30. The lowest BCUT2D eigenvalue weighted by Crippen LogP contribution is -2.19. The van der Waals surface area contributed by atoms with E-state index in [-0.39, 0.29) is 17.5 Å². The minimum atomic E-state index is -5.32. The zero-order valence-corrected chi connectivity index (χ0v) is 17.7. The summed E-state index contributed by atoms with van der Waals surface area (Å²) in [6, 6.07) is 5.66. The first-order valence-corrected chi connectivity index (χ1v) is 10.1. The van der Waals surface area contributed by atoms with Crippen LogP contribution in [0.4, 0.5) is 35.1 Å². The minimum absolute atomic E-state index is 0.201. The number of rotatable bonds is 7. The van der Waals surface area contributed by atoms with Crippen LogP contribution in [0.15, 0.2) is 36.4 Å². The van der Waals surface area contributed by atoms with E-state index in [9.17, 15) is 35.8 Å². The highest BCUT2D eigenvalue weighted by Gasteiger charge is 2.34. The number of hydrogen-bond acceptors (Lipinski definition) is 2. The molecular weight excluding hydrogens is 472 g/mol. The Morgan fingerprint density at radius 1 is 0.765 bits per heavy atom. The van der Waals surface area contributed by atoms with Gasteiger partial charge in [-0.1, -0.05) is 25.5 Å². The summed E-state index contributed by atoms with van der Waals surface area (Å²) in [5, 5.41) is 10.1. The predicted molar refractivity (Wildman–Crippen MR) is 108 cm³/mol. The first kappa shape index (κ1) is 25.3. The number of phenolic OH excluding ortho intramolecular Hbond substituents is 1. The molecule has 3 aromatic rings. The van der Waals surface area contributed by atoms with Crippen LogP contribution in [0.3, 0.4) is 0 Å². The summed E-state index contributed by atoms with van der Waals surface area (Å²) in [6.07, 6.45) is -4.87. The molecule has 182 valence electrons. The molecule has 3 rings (SSSR count). The van der Waals surface area contributed by atoms with E-state index in [2.05, 4.69) is 4.74 Å². The van der Waals surface area contributed by atoms with E-state index in [0.29, 0.717) is 30.2 Å². The quantitative estimate of drug-likeness (QED) is 0.350. The van der Waals surface area contributed by atoms with Crippen molar-refractivity contribution >= 4 is 0 Å². The summed E-state index contributed by atoms with van der Waals surface area (Å²) in [6.45, 7) is 1.89. The first-order valence-electron chi connectivity index (χ1n) is 10.1. The zero-order chi connectivity index (χ0) is 25.2. The van der Waals surface area contributed by atoms with Crippen LogP contribution in [0.5, 0.6) is 11.5 Å². The molecule has 0 atom stereocenters. The molecule has 0 spiro atoms. The van der Waals surface area contributed by atoms with Gasteiger partial charge in [0.15, 0.2) is 11.6 Å². The van der Waals surface area contributed by atoms with Crippen LogP contribution in [0.2, 0.25) is 0 Å². The topological polar surface area (TPSA) is 29.5 Å². The third-order valence-electron chi connectivity index (χ3n) is 5.07. The molecule has 0 heterocycles. The molecule has 0 radical (unpaired) electrons. The molecular formula is C24H18F8O2.